The van der Waals surface area contributed by atoms with E-state index in [2.05, 4.69) is 0 Å². The lowest BCUT2D eigenvalue weighted by molar-refractivity contribution is 0.249. The Morgan fingerprint density at radius 2 is 1.62 bits per heavy atom. The molecule has 0 bridgehead atoms. The van der Waals surface area contributed by atoms with Gasteiger partial charge in [-0.25, -0.2) is 12.7 Å². The zero-order chi connectivity index (χ0) is 17.2. The normalized spacial score (nSPS) is 22.1. The fourth-order valence-corrected chi connectivity index (χ4v) is 5.16. The molecule has 0 aliphatic heterocycles. The van der Waals surface area contributed by atoms with E-state index >= 15 is 0 Å². The Kier molecular flexibility index (Phi) is 5.23. The lowest BCUT2D eigenvalue weighted by atomic mass is 9.82. The fraction of sp³-hybridized carbons (Fsp3) is 0.474. The predicted octanol–water partition coefficient (Wildman–Crippen LogP) is 3.23. The van der Waals surface area contributed by atoms with Crippen LogP contribution in [0.2, 0.25) is 0 Å². The first-order chi connectivity index (χ1) is 11.5. The van der Waals surface area contributed by atoms with Crippen molar-refractivity contribution in [3.05, 3.63) is 42.5 Å². The smallest absolute Gasteiger partial charge is 0.243 e. The van der Waals surface area contributed by atoms with Gasteiger partial charge >= 0.3 is 0 Å². The molecule has 2 N–H and O–H groups in total. The van der Waals surface area contributed by atoms with E-state index in [4.69, 9.17) is 5.73 Å². The third-order valence-corrected chi connectivity index (χ3v) is 7.13. The molecule has 0 atom stereocenters. The van der Waals surface area contributed by atoms with Gasteiger partial charge in [-0.05, 0) is 55.5 Å². The molecule has 0 amide bonds. The second kappa shape index (κ2) is 7.21. The van der Waals surface area contributed by atoms with E-state index in [1.54, 1.807) is 13.1 Å². The molecule has 0 saturated heterocycles. The van der Waals surface area contributed by atoms with Gasteiger partial charge in [0.1, 0.15) is 0 Å². The Labute approximate surface area is 144 Å². The van der Waals surface area contributed by atoms with Crippen molar-refractivity contribution in [2.75, 3.05) is 20.1 Å². The zero-order valence-corrected chi connectivity index (χ0v) is 15.0. The van der Waals surface area contributed by atoms with Crippen LogP contribution in [0.1, 0.15) is 25.7 Å². The van der Waals surface area contributed by atoms with Crippen molar-refractivity contribution < 1.29 is 8.42 Å². The van der Waals surface area contributed by atoms with Crippen molar-refractivity contribution >= 4 is 20.8 Å². The van der Waals surface area contributed by atoms with Gasteiger partial charge in [0.05, 0.1) is 4.90 Å². The van der Waals surface area contributed by atoms with Gasteiger partial charge in [0.2, 0.25) is 10.0 Å². The molecule has 1 fully saturated rings. The van der Waals surface area contributed by atoms with Crippen molar-refractivity contribution in [2.45, 2.75) is 30.6 Å². The molecule has 24 heavy (non-hydrogen) atoms. The van der Waals surface area contributed by atoms with Crippen molar-refractivity contribution in [2.24, 2.45) is 17.6 Å². The number of hydrogen-bond donors (Lipinski definition) is 1. The summed E-state index contributed by atoms with van der Waals surface area (Å²) < 4.78 is 27.6. The van der Waals surface area contributed by atoms with Crippen LogP contribution in [0.25, 0.3) is 10.8 Å². The molecule has 1 aliphatic carbocycles. The monoisotopic (exact) mass is 346 g/mol. The summed E-state index contributed by atoms with van der Waals surface area (Å²) in [6.07, 6.45) is 4.36. The highest BCUT2D eigenvalue weighted by Crippen LogP contribution is 2.31. The van der Waals surface area contributed by atoms with Crippen LogP contribution >= 0.6 is 0 Å². The van der Waals surface area contributed by atoms with Gasteiger partial charge in [-0.2, -0.15) is 0 Å². The number of rotatable bonds is 5. The molecule has 130 valence electrons. The van der Waals surface area contributed by atoms with E-state index in [1.807, 2.05) is 36.4 Å². The summed E-state index contributed by atoms with van der Waals surface area (Å²) in [5.74, 6) is 1.05. The van der Waals surface area contributed by atoms with Crippen molar-refractivity contribution in [3.63, 3.8) is 0 Å². The molecule has 1 aliphatic rings. The third kappa shape index (κ3) is 3.48. The van der Waals surface area contributed by atoms with E-state index in [9.17, 15) is 8.42 Å². The maximum atomic E-state index is 13.0. The predicted molar refractivity (Wildman–Crippen MR) is 98.3 cm³/mol. The molecule has 0 unspecified atom stereocenters. The molecule has 0 radical (unpaired) electrons. The van der Waals surface area contributed by atoms with Gasteiger partial charge in [-0.15, -0.1) is 0 Å². The van der Waals surface area contributed by atoms with Gasteiger partial charge in [-0.3, -0.25) is 0 Å². The van der Waals surface area contributed by atoms with Crippen LogP contribution in [-0.2, 0) is 10.0 Å². The minimum absolute atomic E-state index is 0.402. The Morgan fingerprint density at radius 3 is 2.33 bits per heavy atom. The quantitative estimate of drug-likeness (QED) is 0.904. The second-order valence-electron chi connectivity index (χ2n) is 6.89. The van der Waals surface area contributed by atoms with Crippen LogP contribution < -0.4 is 5.73 Å². The summed E-state index contributed by atoms with van der Waals surface area (Å²) in [6, 6.07) is 13.1. The Balaban J connectivity index is 1.79. The first-order valence-electron chi connectivity index (χ1n) is 8.66. The van der Waals surface area contributed by atoms with E-state index < -0.39 is 10.0 Å². The second-order valence-corrected chi connectivity index (χ2v) is 8.90. The Hall–Kier alpha value is -1.43. The molecule has 1 saturated carbocycles. The van der Waals surface area contributed by atoms with Crippen molar-refractivity contribution in [3.8, 4) is 0 Å². The average Bonchev–Trinajstić information content (AvgIpc) is 2.61. The zero-order valence-electron chi connectivity index (χ0n) is 14.2. The SMILES string of the molecule is CN(CC1CCC(CN)CC1)S(=O)(=O)c1cccc2ccccc12. The van der Waals surface area contributed by atoms with Gasteiger partial charge in [-0.1, -0.05) is 36.4 Å². The molecule has 0 heterocycles. The summed E-state index contributed by atoms with van der Waals surface area (Å²) in [7, 11) is -1.77. The lowest BCUT2D eigenvalue weighted by Gasteiger charge is -2.30. The lowest BCUT2D eigenvalue weighted by Crippen LogP contribution is -2.34. The van der Waals surface area contributed by atoms with Crippen LogP contribution in [-0.4, -0.2) is 32.9 Å². The van der Waals surface area contributed by atoms with E-state index in [1.165, 1.54) is 4.31 Å². The Morgan fingerprint density at radius 1 is 1.00 bits per heavy atom. The number of fused-ring (bicyclic) bond motifs is 1. The maximum Gasteiger partial charge on any atom is 0.243 e. The summed E-state index contributed by atoms with van der Waals surface area (Å²) in [6.45, 7) is 1.33. The number of benzene rings is 2. The number of nitrogens with zero attached hydrogens (tertiary/aromatic N) is 1. The van der Waals surface area contributed by atoms with E-state index in [0.29, 0.717) is 23.3 Å². The topological polar surface area (TPSA) is 63.4 Å². The van der Waals surface area contributed by atoms with Gasteiger partial charge < -0.3 is 5.73 Å². The summed E-state index contributed by atoms with van der Waals surface area (Å²) in [5.41, 5.74) is 5.74. The standard InChI is InChI=1S/C19H26N2O2S/c1-21(14-16-11-9-15(13-20)10-12-16)24(22,23)19-8-4-6-17-5-2-3-7-18(17)19/h2-8,15-16H,9-14,20H2,1H3. The largest absolute Gasteiger partial charge is 0.330 e. The van der Waals surface area contributed by atoms with Crippen LogP contribution in [0.3, 0.4) is 0 Å². The van der Waals surface area contributed by atoms with Gasteiger partial charge in [0.15, 0.2) is 0 Å². The van der Waals surface area contributed by atoms with Crippen molar-refractivity contribution in [1.82, 2.24) is 4.31 Å². The Bertz CT molecular complexity index is 791. The molecular formula is C19H26N2O2S. The highest BCUT2D eigenvalue weighted by Gasteiger charge is 2.27. The van der Waals surface area contributed by atoms with Crippen LogP contribution in [0.5, 0.6) is 0 Å². The van der Waals surface area contributed by atoms with Crippen LogP contribution in [0.4, 0.5) is 0 Å². The highest BCUT2D eigenvalue weighted by atomic mass is 32.2. The minimum atomic E-state index is -3.48. The average molecular weight is 346 g/mol. The highest BCUT2D eigenvalue weighted by molar-refractivity contribution is 7.89. The molecule has 5 heteroatoms. The number of nitrogens with two attached hydrogens (primary N) is 1. The number of hydrogen-bond acceptors (Lipinski definition) is 3. The summed E-state index contributed by atoms with van der Waals surface area (Å²) in [5, 5.41) is 1.74. The first kappa shape index (κ1) is 17.4. The van der Waals surface area contributed by atoms with Crippen molar-refractivity contribution in [1.29, 1.82) is 0 Å². The fourth-order valence-electron chi connectivity index (χ4n) is 3.70. The summed E-state index contributed by atoms with van der Waals surface area (Å²) in [4.78, 5) is 0.402. The molecule has 2 aromatic carbocycles. The third-order valence-electron chi connectivity index (χ3n) is 5.25. The van der Waals surface area contributed by atoms with Gasteiger partial charge in [0, 0.05) is 19.0 Å². The van der Waals surface area contributed by atoms with Gasteiger partial charge in [0.25, 0.3) is 0 Å². The summed E-state index contributed by atoms with van der Waals surface area (Å²) >= 11 is 0. The molecule has 4 nitrogen and oxygen atoms in total. The molecule has 3 rings (SSSR count). The molecule has 0 spiro atoms. The number of sulfonamides is 1. The molecule has 2 aromatic rings. The molecular weight excluding hydrogens is 320 g/mol. The van der Waals surface area contributed by atoms with Crippen LogP contribution in [0, 0.1) is 11.8 Å². The minimum Gasteiger partial charge on any atom is -0.330 e. The van der Waals surface area contributed by atoms with Crippen LogP contribution in [0.15, 0.2) is 47.4 Å². The first-order valence-corrected chi connectivity index (χ1v) is 10.1. The van der Waals surface area contributed by atoms with E-state index in [0.717, 1.165) is 43.0 Å². The van der Waals surface area contributed by atoms with E-state index in [-0.39, 0.29) is 0 Å². The molecule has 0 aromatic heterocycles. The maximum absolute atomic E-state index is 13.0.